The van der Waals surface area contributed by atoms with Crippen molar-refractivity contribution in [3.8, 4) is 0 Å². The summed E-state index contributed by atoms with van der Waals surface area (Å²) in [6.07, 6.45) is 8.46. The summed E-state index contributed by atoms with van der Waals surface area (Å²) in [7, 11) is 0. The summed E-state index contributed by atoms with van der Waals surface area (Å²) in [6.45, 7) is 15.4. The van der Waals surface area contributed by atoms with Crippen LogP contribution in [0.25, 0.3) is 0 Å². The number of carbonyl (C=O) groups excluding carboxylic acids is 6. The Balaban J connectivity index is 1.76. The Bertz CT molecular complexity index is 1660. The normalized spacial score (nSPS) is 28.4. The second-order valence-corrected chi connectivity index (χ2v) is 18.8. The van der Waals surface area contributed by atoms with E-state index in [0.29, 0.717) is 31.7 Å². The topological polar surface area (TPSA) is 227 Å². The number of rotatable bonds is 26. The number of ether oxygens (including phenoxy) is 5. The summed E-state index contributed by atoms with van der Waals surface area (Å²) >= 11 is 0. The number of carbonyl (C=O) groups is 6. The van der Waals surface area contributed by atoms with E-state index < -0.39 is 89.4 Å². The molecule has 2 fully saturated rings. The number of nitrogens with one attached hydrogen (secondary N) is 1. The first-order chi connectivity index (χ1) is 29.7. The first-order valence-corrected chi connectivity index (χ1v) is 23.5. The van der Waals surface area contributed by atoms with Gasteiger partial charge in [-0.05, 0) is 77.4 Å². The minimum Gasteiger partial charge on any atom is -0.459 e. The maximum Gasteiger partial charge on any atom is 0.341 e. The summed E-state index contributed by atoms with van der Waals surface area (Å²) < 4.78 is 30.0. The highest BCUT2D eigenvalue weighted by molar-refractivity contribution is 5.88. The summed E-state index contributed by atoms with van der Waals surface area (Å²) in [6, 6.07) is -0.472. The molecule has 0 bridgehead atoms. The molecule has 0 aromatic heterocycles. The molecule has 1 amide bonds. The van der Waals surface area contributed by atoms with E-state index >= 15 is 0 Å². The van der Waals surface area contributed by atoms with Gasteiger partial charge in [-0.25, -0.2) is 9.59 Å². The van der Waals surface area contributed by atoms with E-state index in [0.717, 1.165) is 84.0 Å². The van der Waals surface area contributed by atoms with Crippen LogP contribution in [0.5, 0.6) is 0 Å². The van der Waals surface area contributed by atoms with Gasteiger partial charge in [0.2, 0.25) is 5.91 Å². The molecule has 358 valence electrons. The van der Waals surface area contributed by atoms with Crippen molar-refractivity contribution >= 4 is 35.8 Å². The van der Waals surface area contributed by atoms with Gasteiger partial charge in [-0.15, -0.1) is 0 Å². The largest absolute Gasteiger partial charge is 0.459 e. The number of nitrogens with two attached hydrogens (primary N) is 1. The van der Waals surface area contributed by atoms with Gasteiger partial charge in [-0.2, -0.15) is 0 Å². The summed E-state index contributed by atoms with van der Waals surface area (Å²) in [4.78, 5) is 78.9. The van der Waals surface area contributed by atoms with E-state index in [2.05, 4.69) is 12.2 Å². The number of esters is 5. The first kappa shape index (κ1) is 53.5. The molecule has 1 heterocycles. The average Bonchev–Trinajstić information content (AvgIpc) is 3.54. The lowest BCUT2D eigenvalue weighted by Crippen LogP contribution is -2.64. The predicted molar refractivity (Wildman–Crippen MR) is 235 cm³/mol. The molecule has 0 aromatic carbocycles. The number of aliphatic hydroxyl groups is 2. The molecule has 5 N–H and O–H groups in total. The molecule has 1 saturated heterocycles. The molecular formula is C48H78N2O13. The Labute approximate surface area is 375 Å². The molecule has 15 nitrogen and oxygen atoms in total. The summed E-state index contributed by atoms with van der Waals surface area (Å²) in [5.41, 5.74) is -0.317. The highest BCUT2D eigenvalue weighted by Crippen LogP contribution is 2.57. The van der Waals surface area contributed by atoms with Crippen molar-refractivity contribution in [1.29, 1.82) is 0 Å². The lowest BCUT2D eigenvalue weighted by atomic mass is 9.75. The zero-order valence-corrected chi connectivity index (χ0v) is 39.5. The third kappa shape index (κ3) is 13.8. The van der Waals surface area contributed by atoms with Gasteiger partial charge in [0, 0.05) is 38.3 Å². The van der Waals surface area contributed by atoms with Crippen molar-refractivity contribution < 1.29 is 62.7 Å². The Morgan fingerprint density at radius 2 is 1.40 bits per heavy atom. The van der Waals surface area contributed by atoms with Crippen molar-refractivity contribution in [2.75, 3.05) is 6.54 Å². The number of amides is 1. The fourth-order valence-corrected chi connectivity index (χ4v) is 9.28. The van der Waals surface area contributed by atoms with E-state index in [1.807, 2.05) is 13.8 Å². The van der Waals surface area contributed by atoms with Crippen LogP contribution in [0.3, 0.4) is 0 Å². The van der Waals surface area contributed by atoms with E-state index in [4.69, 9.17) is 29.4 Å². The Morgan fingerprint density at radius 1 is 0.857 bits per heavy atom. The monoisotopic (exact) mass is 891 g/mol. The SMILES string of the molecule is C/C=C(/C)C(=O)O[C@@H]1C(C)=C2[C@H]3OC(=O)[C@](C)(O)[C@]3(O)[C@H](OC(=O)CCCCCCCCCCCNC(=O)[C@@H](N)CC(C)C)C[C@@](C)(OC(C)=O)[C@@H]2[C@H]1OC(=O)CCCCCCC. The maximum absolute atomic E-state index is 13.6. The molecule has 63 heavy (non-hydrogen) atoms. The zero-order valence-electron chi connectivity index (χ0n) is 39.5. The summed E-state index contributed by atoms with van der Waals surface area (Å²) in [5.74, 6) is -4.80. The quantitative estimate of drug-likeness (QED) is 0.0239. The van der Waals surface area contributed by atoms with Gasteiger partial charge in [0.15, 0.2) is 29.5 Å². The second kappa shape index (κ2) is 24.5. The fourth-order valence-electron chi connectivity index (χ4n) is 9.28. The zero-order chi connectivity index (χ0) is 47.1. The number of hydrogen-bond donors (Lipinski definition) is 4. The second-order valence-electron chi connectivity index (χ2n) is 18.8. The minimum absolute atomic E-state index is 0.0169. The molecule has 0 radical (unpaired) electrons. The average molecular weight is 891 g/mol. The van der Waals surface area contributed by atoms with E-state index in [1.54, 1.807) is 33.8 Å². The predicted octanol–water partition coefficient (Wildman–Crippen LogP) is 6.52. The van der Waals surface area contributed by atoms with Gasteiger partial charge in [0.1, 0.15) is 11.7 Å². The molecule has 2 aliphatic carbocycles. The fraction of sp³-hybridized carbons (Fsp3) is 0.792. The lowest BCUT2D eigenvalue weighted by Gasteiger charge is -2.41. The molecule has 3 aliphatic rings. The van der Waals surface area contributed by atoms with Crippen molar-refractivity contribution in [3.63, 3.8) is 0 Å². The van der Waals surface area contributed by atoms with Crippen LogP contribution in [0.1, 0.15) is 178 Å². The molecule has 0 unspecified atom stereocenters. The molecule has 1 aliphatic heterocycles. The van der Waals surface area contributed by atoms with Gasteiger partial charge < -0.3 is 44.9 Å². The van der Waals surface area contributed by atoms with Gasteiger partial charge in [0.05, 0.1) is 12.0 Å². The van der Waals surface area contributed by atoms with Crippen molar-refractivity contribution in [3.05, 3.63) is 22.8 Å². The van der Waals surface area contributed by atoms with E-state index in [-0.39, 0.29) is 35.5 Å². The van der Waals surface area contributed by atoms with Crippen LogP contribution < -0.4 is 11.1 Å². The number of allylic oxidation sites excluding steroid dienone is 1. The smallest absolute Gasteiger partial charge is 0.341 e. The van der Waals surface area contributed by atoms with Crippen molar-refractivity contribution in [2.24, 2.45) is 17.6 Å². The molecule has 3 rings (SSSR count). The van der Waals surface area contributed by atoms with Crippen LogP contribution in [-0.2, 0) is 52.5 Å². The van der Waals surface area contributed by atoms with Crippen LogP contribution in [0.2, 0.25) is 0 Å². The molecule has 0 aromatic rings. The van der Waals surface area contributed by atoms with Crippen LogP contribution in [0, 0.1) is 11.8 Å². The van der Waals surface area contributed by atoms with Crippen LogP contribution in [-0.4, -0.2) is 99.8 Å². The molecule has 0 spiro atoms. The number of hydrogen-bond acceptors (Lipinski definition) is 14. The highest BCUT2D eigenvalue weighted by atomic mass is 16.6. The minimum atomic E-state index is -2.61. The number of unbranched alkanes of at least 4 members (excludes halogenated alkanes) is 12. The molecule has 15 heteroatoms. The van der Waals surface area contributed by atoms with Crippen molar-refractivity contribution in [1.82, 2.24) is 5.32 Å². The molecular weight excluding hydrogens is 813 g/mol. The van der Waals surface area contributed by atoms with Gasteiger partial charge in [0.25, 0.3) is 0 Å². The van der Waals surface area contributed by atoms with Gasteiger partial charge >= 0.3 is 29.8 Å². The van der Waals surface area contributed by atoms with Crippen LogP contribution >= 0.6 is 0 Å². The third-order valence-electron chi connectivity index (χ3n) is 13.0. The van der Waals surface area contributed by atoms with Crippen LogP contribution in [0.4, 0.5) is 0 Å². The summed E-state index contributed by atoms with van der Waals surface area (Å²) in [5, 5.41) is 27.4. The first-order valence-electron chi connectivity index (χ1n) is 23.5. The number of fused-ring (bicyclic) bond motifs is 3. The lowest BCUT2D eigenvalue weighted by molar-refractivity contribution is -0.212. The van der Waals surface area contributed by atoms with Crippen LogP contribution in [0.15, 0.2) is 22.8 Å². The molecule has 1 saturated carbocycles. The Kier molecular flexibility index (Phi) is 20.8. The van der Waals surface area contributed by atoms with E-state index in [1.165, 1.54) is 6.92 Å². The maximum atomic E-state index is 13.6. The standard InChI is InChI=1S/C48H78N2O13/c1-10-12-13-19-22-26-37(53)60-41-39-38(32(6)40(41)61-44(55)31(5)11-2)42-48(58,47(9,57)45(56)62-42)35(29-46(39,8)63-33(7)51)59-36(52)25-23-20-17-15-14-16-18-21-24-27-50-43(54)34(49)28-30(3)4/h11,30,34-35,39-42,57-58H,10,12-29,49H2,1-9H3,(H,50,54)/b31-11-/t34-,35+,39-,40+,41+,42+,46+,47-,48-/m0/s1. The van der Waals surface area contributed by atoms with E-state index in [9.17, 15) is 39.0 Å². The third-order valence-corrected chi connectivity index (χ3v) is 13.0. The Hall–Kier alpha value is -3.82. The highest BCUT2D eigenvalue weighted by Gasteiger charge is 2.76. The Morgan fingerprint density at radius 3 is 1.94 bits per heavy atom. The van der Waals surface area contributed by atoms with Gasteiger partial charge in [-0.1, -0.05) is 97.5 Å². The van der Waals surface area contributed by atoms with Gasteiger partial charge in [-0.3, -0.25) is 19.2 Å². The van der Waals surface area contributed by atoms with Crippen molar-refractivity contribution in [2.45, 2.75) is 225 Å². The molecule has 9 atom stereocenters.